The van der Waals surface area contributed by atoms with Crippen molar-refractivity contribution in [2.24, 2.45) is 11.3 Å². The molecule has 0 aliphatic heterocycles. The highest BCUT2D eigenvalue weighted by molar-refractivity contribution is 5.91. The molecule has 0 radical (unpaired) electrons. The summed E-state index contributed by atoms with van der Waals surface area (Å²) in [6.45, 7) is 2.35. The first-order valence-electron chi connectivity index (χ1n) is 10.1. The molecule has 5 rings (SSSR count). The van der Waals surface area contributed by atoms with Crippen molar-refractivity contribution in [3.63, 3.8) is 0 Å². The molecule has 3 aromatic rings. The third kappa shape index (κ3) is 3.27. The lowest BCUT2D eigenvalue weighted by Gasteiger charge is -2.12. The molecular formula is C28H24. The third-order valence-corrected chi connectivity index (χ3v) is 6.10. The topological polar surface area (TPSA) is 0 Å². The van der Waals surface area contributed by atoms with Crippen LogP contribution in [0, 0.1) is 11.3 Å². The van der Waals surface area contributed by atoms with E-state index in [4.69, 9.17) is 0 Å². The third-order valence-electron chi connectivity index (χ3n) is 6.10. The molecular weight excluding hydrogens is 336 g/mol. The van der Waals surface area contributed by atoms with E-state index in [1.165, 1.54) is 39.8 Å². The number of fused-ring (bicyclic) bond motifs is 1. The fraction of sp³-hybridized carbons (Fsp3) is 0.143. The Morgan fingerprint density at radius 2 is 1.43 bits per heavy atom. The summed E-state index contributed by atoms with van der Waals surface area (Å²) in [7, 11) is 0. The second-order valence-corrected chi connectivity index (χ2v) is 8.18. The lowest BCUT2D eigenvalue weighted by Crippen LogP contribution is -1.97. The molecule has 2 aliphatic carbocycles. The largest absolute Gasteiger partial charge is 0.0774 e. The van der Waals surface area contributed by atoms with Crippen molar-refractivity contribution < 1.29 is 0 Å². The maximum atomic E-state index is 2.45. The first-order chi connectivity index (χ1) is 13.7. The fourth-order valence-corrected chi connectivity index (χ4v) is 4.11. The average molecular weight is 361 g/mol. The van der Waals surface area contributed by atoms with Gasteiger partial charge in [-0.2, -0.15) is 0 Å². The predicted octanol–water partition coefficient (Wildman–Crippen LogP) is 7.25. The molecule has 0 N–H and O–H groups in total. The van der Waals surface area contributed by atoms with E-state index in [0.29, 0.717) is 5.41 Å². The van der Waals surface area contributed by atoms with Crippen molar-refractivity contribution >= 4 is 17.2 Å². The summed E-state index contributed by atoms with van der Waals surface area (Å²) in [4.78, 5) is 0. The van der Waals surface area contributed by atoms with Gasteiger partial charge in [0.25, 0.3) is 0 Å². The summed E-state index contributed by atoms with van der Waals surface area (Å²) < 4.78 is 0. The number of benzene rings is 3. The lowest BCUT2D eigenvalue weighted by atomic mass is 9.92. The highest BCUT2D eigenvalue weighted by atomic mass is 14.5. The van der Waals surface area contributed by atoms with Gasteiger partial charge >= 0.3 is 0 Å². The van der Waals surface area contributed by atoms with Crippen LogP contribution in [0.15, 0.2) is 103 Å². The number of allylic oxidation sites excluding steroid dienone is 4. The van der Waals surface area contributed by atoms with Crippen molar-refractivity contribution in [1.82, 2.24) is 0 Å². The summed E-state index contributed by atoms with van der Waals surface area (Å²) in [6.07, 6.45) is 10.7. The van der Waals surface area contributed by atoms with Crippen molar-refractivity contribution in [2.75, 3.05) is 0 Å². The van der Waals surface area contributed by atoms with Gasteiger partial charge in [-0.15, -0.1) is 0 Å². The second kappa shape index (κ2) is 6.80. The molecule has 0 spiro atoms. The van der Waals surface area contributed by atoms with Gasteiger partial charge in [0.15, 0.2) is 0 Å². The van der Waals surface area contributed by atoms with Crippen LogP contribution in [-0.4, -0.2) is 0 Å². The maximum absolute atomic E-state index is 2.45. The molecule has 136 valence electrons. The Labute approximate surface area is 167 Å². The van der Waals surface area contributed by atoms with Crippen LogP contribution in [0.2, 0.25) is 0 Å². The zero-order valence-electron chi connectivity index (χ0n) is 16.2. The predicted molar refractivity (Wildman–Crippen MR) is 120 cm³/mol. The second-order valence-electron chi connectivity index (χ2n) is 8.18. The zero-order valence-corrected chi connectivity index (χ0v) is 16.2. The molecule has 0 nitrogen and oxygen atoms in total. The molecule has 1 fully saturated rings. The van der Waals surface area contributed by atoms with Gasteiger partial charge in [-0.25, -0.2) is 0 Å². The van der Waals surface area contributed by atoms with Crippen LogP contribution in [0.25, 0.3) is 17.2 Å². The molecule has 28 heavy (non-hydrogen) atoms. The Morgan fingerprint density at radius 1 is 0.821 bits per heavy atom. The first kappa shape index (κ1) is 17.0. The van der Waals surface area contributed by atoms with Crippen LogP contribution in [-0.2, 0) is 0 Å². The van der Waals surface area contributed by atoms with Gasteiger partial charge in [0.1, 0.15) is 0 Å². The van der Waals surface area contributed by atoms with Crippen LogP contribution in [0.3, 0.4) is 0 Å². The van der Waals surface area contributed by atoms with Gasteiger partial charge in [-0.1, -0.05) is 110 Å². The van der Waals surface area contributed by atoms with Crippen LogP contribution in [0.4, 0.5) is 0 Å². The van der Waals surface area contributed by atoms with Gasteiger partial charge in [-0.05, 0) is 57.2 Å². The highest BCUT2D eigenvalue weighted by Crippen LogP contribution is 2.57. The van der Waals surface area contributed by atoms with E-state index in [0.717, 1.165) is 5.92 Å². The van der Waals surface area contributed by atoms with Crippen LogP contribution >= 0.6 is 0 Å². The Hall–Kier alpha value is -3.12. The van der Waals surface area contributed by atoms with Gasteiger partial charge in [0.05, 0.1) is 0 Å². The number of hydrogen-bond donors (Lipinski definition) is 0. The van der Waals surface area contributed by atoms with E-state index < -0.39 is 0 Å². The smallest absolute Gasteiger partial charge is 0.00739 e. The minimum absolute atomic E-state index is 0.437. The van der Waals surface area contributed by atoms with Crippen LogP contribution in [0.1, 0.15) is 35.6 Å². The van der Waals surface area contributed by atoms with E-state index in [-0.39, 0.29) is 0 Å². The minimum Gasteiger partial charge on any atom is -0.0774 e. The highest BCUT2D eigenvalue weighted by Gasteiger charge is 2.47. The Kier molecular flexibility index (Phi) is 4.13. The number of rotatable bonds is 4. The molecule has 1 saturated carbocycles. The molecule has 2 aliphatic rings. The molecule has 2 atom stereocenters. The molecule has 2 unspecified atom stereocenters. The fourth-order valence-electron chi connectivity index (χ4n) is 4.11. The average Bonchev–Trinajstić information content (AvgIpc) is 3.44. The van der Waals surface area contributed by atoms with E-state index in [1.54, 1.807) is 0 Å². The minimum atomic E-state index is 0.437. The van der Waals surface area contributed by atoms with Crippen molar-refractivity contribution in [3.05, 3.63) is 125 Å². The maximum Gasteiger partial charge on any atom is -0.00739 e. The monoisotopic (exact) mass is 360 g/mol. The Bertz CT molecular complexity index is 1020. The summed E-state index contributed by atoms with van der Waals surface area (Å²) in [5.74, 6) is 0.731. The van der Waals surface area contributed by atoms with Crippen molar-refractivity contribution in [2.45, 2.75) is 13.3 Å². The SMILES string of the molecule is CC12C=CC(c3ccc(C=C(c4ccccc4)c4ccccc4)cc3)=CC1C2. The van der Waals surface area contributed by atoms with Crippen molar-refractivity contribution in [3.8, 4) is 0 Å². The molecule has 0 heteroatoms. The number of hydrogen-bond acceptors (Lipinski definition) is 0. The van der Waals surface area contributed by atoms with E-state index in [1.807, 2.05) is 0 Å². The summed E-state index contributed by atoms with van der Waals surface area (Å²) in [6, 6.07) is 30.2. The summed E-state index contributed by atoms with van der Waals surface area (Å²) in [5.41, 5.74) is 8.06. The molecule has 3 aromatic carbocycles. The zero-order chi connectivity index (χ0) is 19.0. The van der Waals surface area contributed by atoms with E-state index >= 15 is 0 Å². The first-order valence-corrected chi connectivity index (χ1v) is 10.1. The molecule has 0 bridgehead atoms. The van der Waals surface area contributed by atoms with Crippen LogP contribution in [0.5, 0.6) is 0 Å². The summed E-state index contributed by atoms with van der Waals surface area (Å²) >= 11 is 0. The van der Waals surface area contributed by atoms with E-state index in [9.17, 15) is 0 Å². The Balaban J connectivity index is 1.48. The Morgan fingerprint density at radius 3 is 2.00 bits per heavy atom. The van der Waals surface area contributed by atoms with Crippen molar-refractivity contribution in [1.29, 1.82) is 0 Å². The normalized spacial score (nSPS) is 22.2. The van der Waals surface area contributed by atoms with Gasteiger partial charge in [0, 0.05) is 0 Å². The standard InChI is InChI=1S/C28H24/c1-28-17-16-25(19-26(28)20-28)22-14-12-21(13-15-22)18-27(23-8-4-2-5-9-23)24-10-6-3-7-11-24/h2-19,26H,20H2,1H3. The van der Waals surface area contributed by atoms with E-state index in [2.05, 4.69) is 116 Å². The van der Waals surface area contributed by atoms with Crippen LogP contribution < -0.4 is 0 Å². The molecule has 0 heterocycles. The molecule has 0 saturated heterocycles. The lowest BCUT2D eigenvalue weighted by molar-refractivity contribution is 0.692. The van der Waals surface area contributed by atoms with Gasteiger partial charge in [0.2, 0.25) is 0 Å². The quantitative estimate of drug-likeness (QED) is 0.430. The summed E-state index contributed by atoms with van der Waals surface area (Å²) in [5, 5.41) is 0. The molecule has 0 amide bonds. The van der Waals surface area contributed by atoms with Gasteiger partial charge < -0.3 is 0 Å². The van der Waals surface area contributed by atoms with Gasteiger partial charge in [-0.3, -0.25) is 0 Å². The molecule has 0 aromatic heterocycles.